The third kappa shape index (κ3) is 5.02. The minimum Gasteiger partial charge on any atom is -0.361 e. The zero-order valence-corrected chi connectivity index (χ0v) is 17.6. The van der Waals surface area contributed by atoms with Gasteiger partial charge in [-0.15, -0.1) is 0 Å². The molecule has 5 nitrogen and oxygen atoms in total. The Hall–Kier alpha value is -2.14. The normalized spacial score (nSPS) is 20.9. The summed E-state index contributed by atoms with van der Waals surface area (Å²) in [5.41, 5.74) is 1.59. The van der Waals surface area contributed by atoms with E-state index in [1.54, 1.807) is 0 Å². The summed E-state index contributed by atoms with van der Waals surface area (Å²) in [6.45, 7) is 12.2. The predicted molar refractivity (Wildman–Crippen MR) is 112 cm³/mol. The molecule has 1 aromatic heterocycles. The van der Waals surface area contributed by atoms with Crippen LogP contribution in [0.4, 0.5) is 0 Å². The second-order valence-electron chi connectivity index (χ2n) is 9.24. The van der Waals surface area contributed by atoms with Crippen LogP contribution in [0.15, 0.2) is 40.9 Å². The first-order valence-corrected chi connectivity index (χ1v) is 10.3. The Labute approximate surface area is 168 Å². The van der Waals surface area contributed by atoms with Crippen LogP contribution in [-0.4, -0.2) is 42.1 Å². The van der Waals surface area contributed by atoms with E-state index in [0.717, 1.165) is 49.5 Å². The molecule has 0 radical (unpaired) electrons. The van der Waals surface area contributed by atoms with E-state index in [4.69, 9.17) is 4.52 Å². The van der Waals surface area contributed by atoms with Crippen LogP contribution >= 0.6 is 0 Å². The molecule has 152 valence electrons. The Kier molecular flexibility index (Phi) is 6.23. The van der Waals surface area contributed by atoms with Crippen LogP contribution < -0.4 is 5.32 Å². The number of nitrogens with one attached hydrogen (secondary N) is 1. The molecule has 1 aromatic carbocycles. The fourth-order valence-corrected chi connectivity index (χ4v) is 4.27. The number of aromatic nitrogens is 1. The van der Waals surface area contributed by atoms with Gasteiger partial charge in [0.25, 0.3) is 0 Å². The van der Waals surface area contributed by atoms with Gasteiger partial charge in [-0.1, -0.05) is 56.3 Å². The highest BCUT2D eigenvalue weighted by Crippen LogP contribution is 2.36. The summed E-state index contributed by atoms with van der Waals surface area (Å²) in [5, 5.41) is 7.32. The van der Waals surface area contributed by atoms with Gasteiger partial charge in [-0.05, 0) is 31.7 Å². The second kappa shape index (κ2) is 8.48. The van der Waals surface area contributed by atoms with Crippen molar-refractivity contribution in [3.8, 4) is 11.3 Å². The number of hydrogen-bond acceptors (Lipinski definition) is 4. The molecule has 1 amide bonds. The van der Waals surface area contributed by atoms with Gasteiger partial charge in [-0.2, -0.15) is 0 Å². The van der Waals surface area contributed by atoms with Crippen LogP contribution in [0.5, 0.6) is 0 Å². The summed E-state index contributed by atoms with van der Waals surface area (Å²) in [7, 11) is 0. The highest BCUT2D eigenvalue weighted by atomic mass is 16.5. The number of piperidine rings is 1. The number of carbonyl (C=O) groups is 1. The molecule has 0 unspecified atom stereocenters. The molecule has 1 fully saturated rings. The van der Waals surface area contributed by atoms with Crippen LogP contribution in [0.3, 0.4) is 0 Å². The van der Waals surface area contributed by atoms with Crippen LogP contribution in [0.25, 0.3) is 11.3 Å². The van der Waals surface area contributed by atoms with Crippen LogP contribution in [-0.2, 0) is 11.2 Å². The van der Waals surface area contributed by atoms with E-state index >= 15 is 0 Å². The van der Waals surface area contributed by atoms with Crippen molar-refractivity contribution < 1.29 is 9.32 Å². The fourth-order valence-electron chi connectivity index (χ4n) is 4.27. The maximum atomic E-state index is 13.1. The second-order valence-corrected chi connectivity index (χ2v) is 9.24. The Bertz CT molecular complexity index is 779. The molecular formula is C23H33N3O2. The van der Waals surface area contributed by atoms with Gasteiger partial charge in [0.1, 0.15) is 11.5 Å². The monoisotopic (exact) mass is 383 g/mol. The maximum absolute atomic E-state index is 13.1. The summed E-state index contributed by atoms with van der Waals surface area (Å²) in [6.07, 6.45) is 2.48. The van der Waals surface area contributed by atoms with E-state index < -0.39 is 5.41 Å². The van der Waals surface area contributed by atoms with Crippen LogP contribution in [0.2, 0.25) is 0 Å². The van der Waals surface area contributed by atoms with Crippen molar-refractivity contribution in [2.75, 3.05) is 26.2 Å². The average molecular weight is 384 g/mol. The van der Waals surface area contributed by atoms with E-state index in [1.165, 1.54) is 0 Å². The molecule has 2 aromatic rings. The van der Waals surface area contributed by atoms with E-state index in [1.807, 2.05) is 43.3 Å². The van der Waals surface area contributed by atoms with Crippen molar-refractivity contribution in [2.45, 2.75) is 47.0 Å². The van der Waals surface area contributed by atoms with Gasteiger partial charge in [0.05, 0.1) is 5.41 Å². The van der Waals surface area contributed by atoms with E-state index in [9.17, 15) is 4.79 Å². The molecule has 5 heteroatoms. The Morgan fingerprint density at radius 2 is 2.04 bits per heavy atom. The molecular weight excluding hydrogens is 350 g/mol. The van der Waals surface area contributed by atoms with Gasteiger partial charge in [-0.25, -0.2) is 0 Å². The van der Waals surface area contributed by atoms with Gasteiger partial charge >= 0.3 is 0 Å². The number of rotatable bonds is 6. The Morgan fingerprint density at radius 1 is 1.29 bits per heavy atom. The largest absolute Gasteiger partial charge is 0.361 e. The SMILES string of the molecule is CCNC(=O)[C@@]1(Cc2cc(-c3ccccc3)no2)CCCN(CC(C)(C)C)C1. The number of carbonyl (C=O) groups excluding carboxylic acids is 1. The smallest absolute Gasteiger partial charge is 0.227 e. The lowest BCUT2D eigenvalue weighted by Crippen LogP contribution is -2.54. The standard InChI is InChI=1S/C23H33N3O2/c1-5-24-21(27)23(12-9-13-26(17-23)16-22(2,3)4)15-19-14-20(25-28-19)18-10-7-6-8-11-18/h6-8,10-11,14H,5,9,12-13,15-17H2,1-4H3,(H,24,27)/t23-/m1/s1. The lowest BCUT2D eigenvalue weighted by molar-refractivity contribution is -0.135. The molecule has 3 rings (SSSR count). The van der Waals surface area contributed by atoms with Crippen LogP contribution in [0.1, 0.15) is 46.3 Å². The summed E-state index contributed by atoms with van der Waals surface area (Å²) >= 11 is 0. The molecule has 1 atom stereocenters. The first-order chi connectivity index (χ1) is 13.3. The first-order valence-electron chi connectivity index (χ1n) is 10.3. The molecule has 1 saturated heterocycles. The van der Waals surface area contributed by atoms with Gasteiger partial charge < -0.3 is 14.7 Å². The molecule has 0 spiro atoms. The molecule has 0 saturated carbocycles. The quantitative estimate of drug-likeness (QED) is 0.814. The average Bonchev–Trinajstić information content (AvgIpc) is 3.10. The maximum Gasteiger partial charge on any atom is 0.227 e. The van der Waals surface area contributed by atoms with Crippen molar-refractivity contribution >= 4 is 5.91 Å². The van der Waals surface area contributed by atoms with Gasteiger partial charge in [0.15, 0.2) is 0 Å². The Morgan fingerprint density at radius 3 is 2.71 bits per heavy atom. The lowest BCUT2D eigenvalue weighted by Gasteiger charge is -2.43. The van der Waals surface area contributed by atoms with Crippen molar-refractivity contribution in [1.29, 1.82) is 0 Å². The van der Waals surface area contributed by atoms with Crippen molar-refractivity contribution in [3.63, 3.8) is 0 Å². The van der Waals surface area contributed by atoms with Crippen LogP contribution in [0, 0.1) is 10.8 Å². The fraction of sp³-hybridized carbons (Fsp3) is 0.565. The van der Waals surface area contributed by atoms with E-state index in [2.05, 4.69) is 36.1 Å². The van der Waals surface area contributed by atoms with Gasteiger partial charge in [-0.3, -0.25) is 4.79 Å². The molecule has 0 aliphatic carbocycles. The molecule has 1 aliphatic rings. The summed E-state index contributed by atoms with van der Waals surface area (Å²) in [5.74, 6) is 0.911. The highest BCUT2D eigenvalue weighted by molar-refractivity contribution is 5.83. The lowest BCUT2D eigenvalue weighted by atomic mass is 9.74. The Balaban J connectivity index is 1.82. The molecule has 28 heavy (non-hydrogen) atoms. The summed E-state index contributed by atoms with van der Waals surface area (Å²) in [4.78, 5) is 15.6. The van der Waals surface area contributed by atoms with Gasteiger partial charge in [0, 0.05) is 37.7 Å². The van der Waals surface area contributed by atoms with E-state index in [-0.39, 0.29) is 11.3 Å². The van der Waals surface area contributed by atoms with Crippen molar-refractivity contribution in [2.24, 2.45) is 10.8 Å². The number of amides is 1. The molecule has 2 heterocycles. The summed E-state index contributed by atoms with van der Waals surface area (Å²) < 4.78 is 5.66. The zero-order chi connectivity index (χ0) is 20.2. The minimum absolute atomic E-state index is 0.131. The van der Waals surface area contributed by atoms with Crippen molar-refractivity contribution in [3.05, 3.63) is 42.2 Å². The topological polar surface area (TPSA) is 58.4 Å². The number of hydrogen-bond donors (Lipinski definition) is 1. The highest BCUT2D eigenvalue weighted by Gasteiger charge is 2.43. The van der Waals surface area contributed by atoms with Crippen molar-refractivity contribution in [1.82, 2.24) is 15.4 Å². The number of benzene rings is 1. The first kappa shape index (κ1) is 20.6. The third-order valence-electron chi connectivity index (χ3n) is 5.31. The third-order valence-corrected chi connectivity index (χ3v) is 5.31. The molecule has 1 N–H and O–H groups in total. The van der Waals surface area contributed by atoms with Gasteiger partial charge in [0.2, 0.25) is 5.91 Å². The number of nitrogens with zero attached hydrogens (tertiary/aromatic N) is 2. The zero-order valence-electron chi connectivity index (χ0n) is 17.6. The summed E-state index contributed by atoms with van der Waals surface area (Å²) in [6, 6.07) is 12.0. The van der Waals surface area contributed by atoms with E-state index in [0.29, 0.717) is 13.0 Å². The molecule has 0 bridgehead atoms. The molecule has 1 aliphatic heterocycles. The minimum atomic E-state index is -0.465. The number of likely N-dealkylation sites (tertiary alicyclic amines) is 1. The predicted octanol–water partition coefficient (Wildman–Crippen LogP) is 4.15.